The van der Waals surface area contributed by atoms with Crippen LogP contribution in [-0.2, 0) is 11.3 Å². The predicted molar refractivity (Wildman–Crippen MR) is 68.4 cm³/mol. The van der Waals surface area contributed by atoms with Gasteiger partial charge in [0.1, 0.15) is 0 Å². The molecular weight excluding hydrogens is 232 g/mol. The van der Waals surface area contributed by atoms with Gasteiger partial charge in [0.25, 0.3) is 0 Å². The Labute approximate surface area is 106 Å². The molecule has 18 heavy (non-hydrogen) atoms. The molecule has 0 saturated heterocycles. The van der Waals surface area contributed by atoms with Crippen LogP contribution in [0.4, 0.5) is 0 Å². The van der Waals surface area contributed by atoms with Gasteiger partial charge in [-0.15, -0.1) is 0 Å². The van der Waals surface area contributed by atoms with Crippen LogP contribution in [0.5, 0.6) is 0 Å². The third-order valence-corrected chi connectivity index (χ3v) is 2.85. The van der Waals surface area contributed by atoms with Gasteiger partial charge >= 0.3 is 5.97 Å². The van der Waals surface area contributed by atoms with E-state index in [-0.39, 0.29) is 11.5 Å². The van der Waals surface area contributed by atoms with Gasteiger partial charge in [0.15, 0.2) is 0 Å². The molecule has 0 saturated carbocycles. The number of carboxylic acid groups (broad SMARTS) is 1. The molecule has 0 radical (unpaired) electrons. The van der Waals surface area contributed by atoms with Gasteiger partial charge in [-0.1, -0.05) is 12.1 Å². The first kappa shape index (κ1) is 14.2. The molecule has 1 aromatic carbocycles. The topological polar surface area (TPSA) is 78.4 Å². The second kappa shape index (κ2) is 5.64. The van der Waals surface area contributed by atoms with Gasteiger partial charge in [0.2, 0.25) is 5.91 Å². The van der Waals surface area contributed by atoms with E-state index in [0.717, 1.165) is 5.56 Å². The highest BCUT2D eigenvalue weighted by Crippen LogP contribution is 2.06. The molecule has 5 heteroatoms. The van der Waals surface area contributed by atoms with E-state index in [0.29, 0.717) is 6.54 Å². The Bertz CT molecular complexity index is 438. The molecule has 0 bridgehead atoms. The van der Waals surface area contributed by atoms with Crippen molar-refractivity contribution in [1.82, 2.24) is 10.6 Å². The molecule has 98 valence electrons. The summed E-state index contributed by atoms with van der Waals surface area (Å²) < 4.78 is 0. The summed E-state index contributed by atoms with van der Waals surface area (Å²) in [5.41, 5.74) is 0.474. The standard InChI is InChI=1S/C13H18N2O3/c1-13(2,14-3)12(18)15-8-9-4-6-10(7-5-9)11(16)17/h4-7,14H,8H2,1-3H3,(H,15,18)(H,16,17). The van der Waals surface area contributed by atoms with Gasteiger partial charge in [0, 0.05) is 6.54 Å². The first-order chi connectivity index (χ1) is 8.36. The number of carbonyl (C=O) groups is 2. The molecule has 0 unspecified atom stereocenters. The largest absolute Gasteiger partial charge is 0.478 e. The smallest absolute Gasteiger partial charge is 0.335 e. The zero-order valence-corrected chi connectivity index (χ0v) is 10.8. The molecule has 0 fully saturated rings. The van der Waals surface area contributed by atoms with Crippen LogP contribution in [0.2, 0.25) is 0 Å². The summed E-state index contributed by atoms with van der Waals surface area (Å²) in [5, 5.41) is 14.5. The monoisotopic (exact) mass is 250 g/mol. The fraction of sp³-hybridized carbons (Fsp3) is 0.385. The number of carbonyl (C=O) groups excluding carboxylic acids is 1. The summed E-state index contributed by atoms with van der Waals surface area (Å²) >= 11 is 0. The highest BCUT2D eigenvalue weighted by molar-refractivity contribution is 5.87. The molecule has 0 atom stereocenters. The summed E-state index contributed by atoms with van der Waals surface area (Å²) in [6.45, 7) is 3.95. The summed E-state index contributed by atoms with van der Waals surface area (Å²) in [5.74, 6) is -1.06. The molecule has 0 aromatic heterocycles. The van der Waals surface area contributed by atoms with Gasteiger partial charge in [-0.2, -0.15) is 0 Å². The molecular formula is C13H18N2O3. The number of carboxylic acids is 1. The molecule has 1 amide bonds. The van der Waals surface area contributed by atoms with E-state index < -0.39 is 11.5 Å². The van der Waals surface area contributed by atoms with Crippen molar-refractivity contribution in [2.24, 2.45) is 0 Å². The van der Waals surface area contributed by atoms with Crippen molar-refractivity contribution in [1.29, 1.82) is 0 Å². The van der Waals surface area contributed by atoms with Crippen molar-refractivity contribution in [3.63, 3.8) is 0 Å². The number of benzene rings is 1. The fourth-order valence-corrected chi connectivity index (χ4v) is 1.28. The normalized spacial score (nSPS) is 11.1. The lowest BCUT2D eigenvalue weighted by atomic mass is 10.0. The van der Waals surface area contributed by atoms with E-state index in [1.807, 2.05) is 0 Å². The lowest BCUT2D eigenvalue weighted by Crippen LogP contribution is -2.50. The summed E-state index contributed by atoms with van der Waals surface area (Å²) in [4.78, 5) is 22.4. The fourth-order valence-electron chi connectivity index (χ4n) is 1.28. The molecule has 1 aromatic rings. The van der Waals surface area contributed by atoms with Gasteiger partial charge in [-0.05, 0) is 38.6 Å². The second-order valence-electron chi connectivity index (χ2n) is 4.56. The number of aromatic carboxylic acids is 1. The first-order valence-corrected chi connectivity index (χ1v) is 5.66. The third-order valence-electron chi connectivity index (χ3n) is 2.85. The number of nitrogens with one attached hydrogen (secondary N) is 2. The van der Waals surface area contributed by atoms with Crippen molar-refractivity contribution in [2.45, 2.75) is 25.9 Å². The molecule has 0 spiro atoms. The summed E-state index contributed by atoms with van der Waals surface area (Å²) in [6, 6.07) is 6.42. The minimum atomic E-state index is -0.957. The van der Waals surface area contributed by atoms with Crippen molar-refractivity contribution in [2.75, 3.05) is 7.05 Å². The van der Waals surface area contributed by atoms with Crippen LogP contribution >= 0.6 is 0 Å². The third kappa shape index (κ3) is 3.56. The van der Waals surface area contributed by atoms with E-state index >= 15 is 0 Å². The minimum absolute atomic E-state index is 0.104. The van der Waals surface area contributed by atoms with E-state index in [1.165, 1.54) is 12.1 Å². The number of rotatable bonds is 5. The average Bonchev–Trinajstić information content (AvgIpc) is 2.36. The summed E-state index contributed by atoms with van der Waals surface area (Å²) in [6.07, 6.45) is 0. The molecule has 0 heterocycles. The molecule has 3 N–H and O–H groups in total. The highest BCUT2D eigenvalue weighted by atomic mass is 16.4. The van der Waals surface area contributed by atoms with E-state index in [9.17, 15) is 9.59 Å². The zero-order chi connectivity index (χ0) is 13.8. The number of hydrogen-bond donors (Lipinski definition) is 3. The van der Waals surface area contributed by atoms with Gasteiger partial charge in [0.05, 0.1) is 11.1 Å². The van der Waals surface area contributed by atoms with E-state index in [4.69, 9.17) is 5.11 Å². The van der Waals surface area contributed by atoms with Crippen LogP contribution in [0.25, 0.3) is 0 Å². The molecule has 0 aliphatic carbocycles. The first-order valence-electron chi connectivity index (χ1n) is 5.66. The Hall–Kier alpha value is -1.88. The maximum atomic E-state index is 11.8. The van der Waals surface area contributed by atoms with Crippen LogP contribution in [-0.4, -0.2) is 29.6 Å². The summed E-state index contributed by atoms with van der Waals surface area (Å²) in [7, 11) is 1.72. The van der Waals surface area contributed by atoms with Crippen LogP contribution in [0.1, 0.15) is 29.8 Å². The molecule has 0 aliphatic heterocycles. The minimum Gasteiger partial charge on any atom is -0.478 e. The van der Waals surface area contributed by atoms with E-state index in [1.54, 1.807) is 33.0 Å². The lowest BCUT2D eigenvalue weighted by molar-refractivity contribution is -0.126. The second-order valence-corrected chi connectivity index (χ2v) is 4.56. The van der Waals surface area contributed by atoms with Crippen molar-refractivity contribution < 1.29 is 14.7 Å². The molecule has 1 rings (SSSR count). The van der Waals surface area contributed by atoms with Gasteiger partial charge in [-0.25, -0.2) is 4.79 Å². The number of amides is 1. The van der Waals surface area contributed by atoms with Gasteiger partial charge < -0.3 is 15.7 Å². The molecule has 0 aliphatic rings. The SMILES string of the molecule is CNC(C)(C)C(=O)NCc1ccc(C(=O)O)cc1. The predicted octanol–water partition coefficient (Wildman–Crippen LogP) is 0.999. The van der Waals surface area contributed by atoms with Crippen LogP contribution < -0.4 is 10.6 Å². The lowest BCUT2D eigenvalue weighted by Gasteiger charge is -2.22. The highest BCUT2D eigenvalue weighted by Gasteiger charge is 2.24. The van der Waals surface area contributed by atoms with E-state index in [2.05, 4.69) is 10.6 Å². The van der Waals surface area contributed by atoms with Crippen molar-refractivity contribution >= 4 is 11.9 Å². The number of likely N-dealkylation sites (N-methyl/N-ethyl adjacent to an activating group) is 1. The van der Waals surface area contributed by atoms with Crippen molar-refractivity contribution in [3.8, 4) is 0 Å². The molecule has 5 nitrogen and oxygen atoms in total. The van der Waals surface area contributed by atoms with Crippen molar-refractivity contribution in [3.05, 3.63) is 35.4 Å². The van der Waals surface area contributed by atoms with Gasteiger partial charge in [-0.3, -0.25) is 4.79 Å². The zero-order valence-electron chi connectivity index (χ0n) is 10.8. The quantitative estimate of drug-likeness (QED) is 0.728. The van der Waals surface area contributed by atoms with Crippen LogP contribution in [0.3, 0.4) is 0 Å². The maximum Gasteiger partial charge on any atom is 0.335 e. The Morgan fingerprint density at radius 2 is 1.78 bits per heavy atom. The average molecular weight is 250 g/mol. The Morgan fingerprint density at radius 1 is 1.22 bits per heavy atom. The maximum absolute atomic E-state index is 11.8. The Morgan fingerprint density at radius 3 is 2.22 bits per heavy atom. The Kier molecular flexibility index (Phi) is 4.44. The van der Waals surface area contributed by atoms with Crippen LogP contribution in [0, 0.1) is 0 Å². The number of hydrogen-bond acceptors (Lipinski definition) is 3. The Balaban J connectivity index is 2.59. The van der Waals surface area contributed by atoms with Crippen LogP contribution in [0.15, 0.2) is 24.3 Å².